The lowest BCUT2D eigenvalue weighted by Gasteiger charge is -2.18. The second-order valence-corrected chi connectivity index (χ2v) is 40.7. The second kappa shape index (κ2) is 116. The molecule has 145 heavy (non-hydrogen) atoms. The van der Waals surface area contributed by atoms with E-state index >= 15 is 0 Å². The fourth-order valence-corrected chi connectivity index (χ4v) is 17.3. The molecule has 836 valence electrons. The molecule has 0 aliphatic heterocycles. The van der Waals surface area contributed by atoms with Crippen LogP contribution in [0.25, 0.3) is 0 Å². The third kappa shape index (κ3) is 111. The number of allylic oxidation sites excluding steroid dienone is 18. The van der Waals surface area contributed by atoms with Gasteiger partial charge in [0.25, 0.3) is 0 Å². The maximum Gasteiger partial charge on any atom is 0.306 e. The van der Waals surface area contributed by atoms with Crippen LogP contribution in [0.4, 0.5) is 0 Å². The molecule has 18 nitrogen and oxygen atoms in total. The standard InChI is InChI=1S/C127H220O18/c1-6-11-16-21-26-30-34-38-42-43-47-56-66-74-82-91-100-109-127(136)145-118(115-142-124(133)106-97-88-79-71-63-58-50-57-62-70-78-87-96-105-120(129)138-111-116(110-137-119(128)101-92-83-25-20-15-10-5)143-125(134)107-98-89-80-72-64-54-45-40-36-32-28-23-18-13-8-3)114-141-123(132)104-95-86-77-69-61-53-49-48-52-60-68-76-85-94-103-122(131)140-113-117(144-126(135)108-99-90-81-73-65-55-46-41-37-33-29-24-19-14-9-4)112-139-121(130)102-93-84-75-67-59-51-44-39-35-31-27-22-17-12-7-2/h13,18,28,32,34,38,40-41,43,45-49,62,66,70,74,116-118H,6-12,14-17,19-27,29-31,33,35-37,39,42,44,50-61,63-65,67-69,71-73,75-115H2,1-5H3/b18-13+,32-28+,38-34+,45-40-,46-41-,47-43-,49-48+,70-62-,74-66+. The van der Waals surface area contributed by atoms with Crippen molar-refractivity contribution in [1.82, 2.24) is 0 Å². The highest BCUT2D eigenvalue weighted by atomic mass is 16.6. The molecule has 0 N–H and O–H groups in total. The number of hydrogen-bond acceptors (Lipinski definition) is 18. The van der Waals surface area contributed by atoms with Gasteiger partial charge in [-0.05, 0) is 205 Å². The van der Waals surface area contributed by atoms with Crippen molar-refractivity contribution in [2.45, 2.75) is 605 Å². The monoisotopic (exact) mass is 2030 g/mol. The predicted octanol–water partition coefficient (Wildman–Crippen LogP) is 36.6. The average Bonchev–Trinajstić information content (AvgIpc) is 0.947. The zero-order chi connectivity index (χ0) is 105. The SMILES string of the molecule is CC/C=C/C/C=C/C/C=C\CCCCCCCC(=O)OC(COC(=O)CCCC/C=C\CCCCCCCCCC(=O)OCC(COC(=O)CCCCCCC/C=C/CCCCCCCC(=O)OCC(COC(=O)CCCCCCCCCCCCCCCCC)OC(=O)CCCCCCC/C=C\CCCCCCCC)OC(=O)CCCC/C=C/C/C=C\C/C=C/CCCCCCC)COC(=O)CCCCCCCC. The predicted molar refractivity (Wildman–Crippen MR) is 603 cm³/mol. The van der Waals surface area contributed by atoms with Crippen molar-refractivity contribution >= 4 is 53.7 Å². The number of unbranched alkanes of at least 4 members (excludes halogenated alkanes) is 61. The van der Waals surface area contributed by atoms with Crippen molar-refractivity contribution in [2.24, 2.45) is 0 Å². The molecule has 3 unspecified atom stereocenters. The smallest absolute Gasteiger partial charge is 0.306 e. The molecule has 0 saturated carbocycles. The van der Waals surface area contributed by atoms with Crippen molar-refractivity contribution in [3.05, 3.63) is 109 Å². The number of hydrogen-bond donors (Lipinski definition) is 0. The van der Waals surface area contributed by atoms with Crippen molar-refractivity contribution < 1.29 is 85.8 Å². The number of rotatable bonds is 112. The molecule has 0 saturated heterocycles. The number of carbonyl (C=O) groups is 9. The molecule has 0 rings (SSSR count). The van der Waals surface area contributed by atoms with Crippen LogP contribution in [0, 0.1) is 0 Å². The fourth-order valence-electron chi connectivity index (χ4n) is 17.3. The Morgan fingerprint density at radius 2 is 0.269 bits per heavy atom. The van der Waals surface area contributed by atoms with Crippen LogP contribution >= 0.6 is 0 Å². The van der Waals surface area contributed by atoms with E-state index < -0.39 is 24.3 Å². The number of esters is 9. The highest BCUT2D eigenvalue weighted by Gasteiger charge is 2.24. The Labute approximate surface area is 888 Å². The lowest BCUT2D eigenvalue weighted by atomic mass is 10.0. The van der Waals surface area contributed by atoms with Gasteiger partial charge < -0.3 is 42.6 Å². The summed E-state index contributed by atoms with van der Waals surface area (Å²) in [6, 6.07) is 0. The summed E-state index contributed by atoms with van der Waals surface area (Å²) in [7, 11) is 0. The van der Waals surface area contributed by atoms with Crippen LogP contribution in [0.5, 0.6) is 0 Å². The van der Waals surface area contributed by atoms with E-state index in [-0.39, 0.29) is 132 Å². The zero-order valence-corrected chi connectivity index (χ0v) is 94.0. The van der Waals surface area contributed by atoms with Crippen molar-refractivity contribution in [3.8, 4) is 0 Å². The topological polar surface area (TPSA) is 237 Å². The van der Waals surface area contributed by atoms with Crippen LogP contribution in [0.2, 0.25) is 0 Å². The Bertz CT molecular complexity index is 3230. The van der Waals surface area contributed by atoms with Crippen LogP contribution in [-0.2, 0) is 85.8 Å². The van der Waals surface area contributed by atoms with Crippen LogP contribution in [0.15, 0.2) is 109 Å². The lowest BCUT2D eigenvalue weighted by Crippen LogP contribution is -2.30. The van der Waals surface area contributed by atoms with Gasteiger partial charge in [-0.15, -0.1) is 0 Å². The number of carbonyl (C=O) groups excluding carboxylic acids is 9. The quantitative estimate of drug-likeness (QED) is 0.0238. The molecule has 0 aromatic carbocycles. The van der Waals surface area contributed by atoms with Crippen molar-refractivity contribution in [3.63, 3.8) is 0 Å². The molecule has 18 heteroatoms. The molecular formula is C127H220O18. The molecule has 3 atom stereocenters. The Morgan fingerprint density at radius 1 is 0.145 bits per heavy atom. The summed E-state index contributed by atoms with van der Waals surface area (Å²) in [6.07, 6.45) is 123. The summed E-state index contributed by atoms with van der Waals surface area (Å²) < 4.78 is 51.0. The van der Waals surface area contributed by atoms with Gasteiger partial charge in [-0.25, -0.2) is 0 Å². The lowest BCUT2D eigenvalue weighted by molar-refractivity contribution is -0.167. The van der Waals surface area contributed by atoms with Gasteiger partial charge in [-0.3, -0.25) is 43.2 Å². The second-order valence-electron chi connectivity index (χ2n) is 40.7. The van der Waals surface area contributed by atoms with Gasteiger partial charge in [0.15, 0.2) is 18.3 Å². The minimum Gasteiger partial charge on any atom is -0.462 e. The van der Waals surface area contributed by atoms with Gasteiger partial charge in [-0.2, -0.15) is 0 Å². The van der Waals surface area contributed by atoms with E-state index in [0.717, 1.165) is 302 Å². The Kier molecular flexibility index (Phi) is 110. The molecule has 0 aliphatic rings. The van der Waals surface area contributed by atoms with E-state index in [2.05, 4.69) is 144 Å². The van der Waals surface area contributed by atoms with Crippen molar-refractivity contribution in [2.75, 3.05) is 39.6 Å². The first-order valence-corrected chi connectivity index (χ1v) is 60.6. The van der Waals surface area contributed by atoms with Gasteiger partial charge in [0.2, 0.25) is 0 Å². The zero-order valence-electron chi connectivity index (χ0n) is 94.0. The van der Waals surface area contributed by atoms with E-state index in [1.54, 1.807) is 0 Å². The van der Waals surface area contributed by atoms with Crippen LogP contribution < -0.4 is 0 Å². The van der Waals surface area contributed by atoms with E-state index in [4.69, 9.17) is 42.6 Å². The van der Waals surface area contributed by atoms with Crippen LogP contribution in [0.1, 0.15) is 587 Å². The summed E-state index contributed by atoms with van der Waals surface area (Å²) in [5.74, 6) is -3.18. The van der Waals surface area contributed by atoms with Gasteiger partial charge >= 0.3 is 53.7 Å². The molecule has 0 aromatic rings. The summed E-state index contributed by atoms with van der Waals surface area (Å²) in [6.45, 7) is 10.2. The highest BCUT2D eigenvalue weighted by molar-refractivity contribution is 5.73. The molecule has 0 aromatic heterocycles. The largest absolute Gasteiger partial charge is 0.462 e. The molecule has 0 radical (unpaired) electrons. The normalized spacial score (nSPS) is 12.6. The van der Waals surface area contributed by atoms with Crippen molar-refractivity contribution in [1.29, 1.82) is 0 Å². The van der Waals surface area contributed by atoms with Gasteiger partial charge in [0.1, 0.15) is 39.6 Å². The first-order chi connectivity index (χ1) is 71.3. The maximum atomic E-state index is 13.2. The van der Waals surface area contributed by atoms with Gasteiger partial charge in [0, 0.05) is 57.8 Å². The third-order valence-corrected chi connectivity index (χ3v) is 26.5. The van der Waals surface area contributed by atoms with Gasteiger partial charge in [0.05, 0.1) is 0 Å². The Balaban J connectivity index is 4.96. The molecule has 0 fully saturated rings. The van der Waals surface area contributed by atoms with E-state index in [0.29, 0.717) is 44.9 Å². The third-order valence-electron chi connectivity index (χ3n) is 26.5. The Morgan fingerprint density at radius 3 is 0.441 bits per heavy atom. The molecule has 0 spiro atoms. The molecule has 0 heterocycles. The molecule has 0 amide bonds. The number of ether oxygens (including phenoxy) is 9. The minimum absolute atomic E-state index is 0.120. The average molecular weight is 2040 g/mol. The first kappa shape index (κ1) is 138. The van der Waals surface area contributed by atoms with E-state index in [9.17, 15) is 43.2 Å². The van der Waals surface area contributed by atoms with Crippen LogP contribution in [-0.4, -0.2) is 112 Å². The van der Waals surface area contributed by atoms with E-state index in [1.165, 1.54) is 161 Å². The van der Waals surface area contributed by atoms with Gasteiger partial charge in [-0.1, -0.05) is 433 Å². The summed E-state index contributed by atoms with van der Waals surface area (Å²) in [5, 5.41) is 0. The molecular weight excluding hydrogens is 1810 g/mol. The van der Waals surface area contributed by atoms with E-state index in [1.807, 2.05) is 0 Å². The highest BCUT2D eigenvalue weighted by Crippen LogP contribution is 2.22. The first-order valence-electron chi connectivity index (χ1n) is 60.6. The minimum atomic E-state index is -0.892. The summed E-state index contributed by atoms with van der Waals surface area (Å²) in [4.78, 5) is 116. The summed E-state index contributed by atoms with van der Waals surface area (Å²) in [5.41, 5.74) is 0. The fraction of sp³-hybridized carbons (Fsp3) is 0.787. The molecule has 0 bridgehead atoms. The maximum absolute atomic E-state index is 13.2. The van der Waals surface area contributed by atoms with Crippen LogP contribution in [0.3, 0.4) is 0 Å². The Hall–Kier alpha value is -7.11. The molecule has 0 aliphatic carbocycles. The summed E-state index contributed by atoms with van der Waals surface area (Å²) >= 11 is 0.